The summed E-state index contributed by atoms with van der Waals surface area (Å²) in [4.78, 5) is 44.5. The quantitative estimate of drug-likeness (QED) is 0.598. The third-order valence-electron chi connectivity index (χ3n) is 6.58. The minimum absolute atomic E-state index is 0.00655. The van der Waals surface area contributed by atoms with E-state index in [2.05, 4.69) is 10.2 Å². The standard InChI is InChI=1S/C27H32N4O5/c1-4-36-26(33)23-21(29(2)27(34)28-24(23)20-12-8-9-13-22(20)35-3)18-30-14-16-31(17-15-30)25(32)19-10-6-5-7-11-19/h5-13,24H,4,14-18H2,1-3H3,(H,28,34)/t24-/m1/s1. The van der Waals surface area contributed by atoms with Crippen molar-refractivity contribution in [1.82, 2.24) is 20.0 Å². The molecular weight excluding hydrogens is 460 g/mol. The summed E-state index contributed by atoms with van der Waals surface area (Å²) in [5.41, 5.74) is 2.31. The monoisotopic (exact) mass is 492 g/mol. The summed E-state index contributed by atoms with van der Waals surface area (Å²) >= 11 is 0. The summed E-state index contributed by atoms with van der Waals surface area (Å²) in [5, 5.41) is 2.93. The maximum absolute atomic E-state index is 13.2. The van der Waals surface area contributed by atoms with E-state index in [0.717, 1.165) is 0 Å². The molecule has 1 N–H and O–H groups in total. The van der Waals surface area contributed by atoms with Gasteiger partial charge in [0, 0.05) is 56.6 Å². The molecule has 2 heterocycles. The van der Waals surface area contributed by atoms with E-state index >= 15 is 0 Å². The highest BCUT2D eigenvalue weighted by atomic mass is 16.5. The molecule has 4 rings (SSSR count). The molecule has 1 fully saturated rings. The van der Waals surface area contributed by atoms with Gasteiger partial charge in [0.2, 0.25) is 0 Å². The van der Waals surface area contributed by atoms with Gasteiger partial charge >= 0.3 is 12.0 Å². The number of likely N-dealkylation sites (N-methyl/N-ethyl adjacent to an activating group) is 1. The molecule has 9 heteroatoms. The molecule has 9 nitrogen and oxygen atoms in total. The van der Waals surface area contributed by atoms with Gasteiger partial charge in [-0.15, -0.1) is 0 Å². The van der Waals surface area contributed by atoms with E-state index in [4.69, 9.17) is 9.47 Å². The number of nitrogens with zero attached hydrogens (tertiary/aromatic N) is 3. The number of piperazine rings is 1. The van der Waals surface area contributed by atoms with Crippen molar-refractivity contribution in [1.29, 1.82) is 0 Å². The molecule has 2 aromatic carbocycles. The van der Waals surface area contributed by atoms with Gasteiger partial charge in [0.1, 0.15) is 5.75 Å². The first-order valence-corrected chi connectivity index (χ1v) is 12.1. The summed E-state index contributed by atoms with van der Waals surface area (Å²) < 4.78 is 10.9. The highest BCUT2D eigenvalue weighted by Crippen LogP contribution is 2.35. The van der Waals surface area contributed by atoms with E-state index in [9.17, 15) is 14.4 Å². The number of benzene rings is 2. The zero-order chi connectivity index (χ0) is 25.7. The van der Waals surface area contributed by atoms with E-state index in [-0.39, 0.29) is 18.5 Å². The molecule has 0 spiro atoms. The number of rotatable bonds is 7. The molecule has 0 aromatic heterocycles. The molecule has 2 aliphatic heterocycles. The van der Waals surface area contributed by atoms with Crippen LogP contribution in [0.2, 0.25) is 0 Å². The molecule has 190 valence electrons. The fourth-order valence-electron chi connectivity index (χ4n) is 4.62. The Morgan fingerprint density at radius 3 is 2.33 bits per heavy atom. The summed E-state index contributed by atoms with van der Waals surface area (Å²) in [6, 6.07) is 15.5. The zero-order valence-electron chi connectivity index (χ0n) is 20.9. The minimum atomic E-state index is -0.708. The number of urea groups is 1. The van der Waals surface area contributed by atoms with E-state index in [1.165, 1.54) is 4.90 Å². The molecule has 0 bridgehead atoms. The summed E-state index contributed by atoms with van der Waals surface area (Å²) in [6.07, 6.45) is 0. The van der Waals surface area contributed by atoms with Crippen molar-refractivity contribution < 1.29 is 23.9 Å². The average Bonchev–Trinajstić information content (AvgIpc) is 2.91. The van der Waals surface area contributed by atoms with Gasteiger partial charge in [-0.1, -0.05) is 36.4 Å². The van der Waals surface area contributed by atoms with Gasteiger partial charge in [-0.3, -0.25) is 14.6 Å². The average molecular weight is 493 g/mol. The highest BCUT2D eigenvalue weighted by molar-refractivity contribution is 5.95. The lowest BCUT2D eigenvalue weighted by molar-refractivity contribution is -0.139. The van der Waals surface area contributed by atoms with Crippen LogP contribution in [0.1, 0.15) is 28.9 Å². The molecule has 0 radical (unpaired) electrons. The van der Waals surface area contributed by atoms with Crippen LogP contribution >= 0.6 is 0 Å². The van der Waals surface area contributed by atoms with Crippen LogP contribution in [0.5, 0.6) is 5.75 Å². The summed E-state index contributed by atoms with van der Waals surface area (Å²) in [7, 11) is 3.21. The molecule has 1 atom stereocenters. The lowest BCUT2D eigenvalue weighted by Crippen LogP contribution is -2.53. The summed E-state index contributed by atoms with van der Waals surface area (Å²) in [6.45, 7) is 4.69. The number of hydrogen-bond acceptors (Lipinski definition) is 6. The normalized spacial score (nSPS) is 18.6. The first kappa shape index (κ1) is 25.2. The number of hydrogen-bond donors (Lipinski definition) is 1. The third-order valence-corrected chi connectivity index (χ3v) is 6.58. The minimum Gasteiger partial charge on any atom is -0.496 e. The number of nitrogens with one attached hydrogen (secondary N) is 1. The van der Waals surface area contributed by atoms with Crippen molar-refractivity contribution in [3.05, 3.63) is 77.0 Å². The molecule has 2 aromatic rings. The Labute approximate surface area is 211 Å². The van der Waals surface area contributed by atoms with Crippen LogP contribution in [-0.2, 0) is 9.53 Å². The molecular formula is C27H32N4O5. The highest BCUT2D eigenvalue weighted by Gasteiger charge is 2.38. The number of carbonyl (C=O) groups excluding carboxylic acids is 3. The first-order valence-electron chi connectivity index (χ1n) is 12.1. The molecule has 3 amide bonds. The lowest BCUT2D eigenvalue weighted by Gasteiger charge is -2.39. The Morgan fingerprint density at radius 1 is 1.00 bits per heavy atom. The smallest absolute Gasteiger partial charge is 0.338 e. The van der Waals surface area contributed by atoms with Crippen LogP contribution in [0, 0.1) is 0 Å². The first-order chi connectivity index (χ1) is 17.4. The Kier molecular flexibility index (Phi) is 7.90. The zero-order valence-corrected chi connectivity index (χ0v) is 20.9. The predicted molar refractivity (Wildman–Crippen MR) is 134 cm³/mol. The summed E-state index contributed by atoms with van der Waals surface area (Å²) in [5.74, 6) is 0.0989. The van der Waals surface area contributed by atoms with Gasteiger partial charge in [0.05, 0.1) is 25.3 Å². The van der Waals surface area contributed by atoms with Gasteiger partial charge in [-0.2, -0.15) is 0 Å². The molecule has 1 saturated heterocycles. The number of amides is 3. The van der Waals surface area contributed by atoms with Crippen molar-refractivity contribution >= 4 is 17.9 Å². The molecule has 36 heavy (non-hydrogen) atoms. The van der Waals surface area contributed by atoms with Crippen molar-refractivity contribution in [3.8, 4) is 5.75 Å². The second kappa shape index (κ2) is 11.3. The van der Waals surface area contributed by atoms with E-state index in [1.807, 2.05) is 53.4 Å². The number of esters is 1. The van der Waals surface area contributed by atoms with Crippen LogP contribution in [0.15, 0.2) is 65.9 Å². The van der Waals surface area contributed by atoms with Crippen LogP contribution in [0.25, 0.3) is 0 Å². The Morgan fingerprint density at radius 2 is 1.67 bits per heavy atom. The number of carbonyl (C=O) groups is 3. The predicted octanol–water partition coefficient (Wildman–Crippen LogP) is 2.67. The second-order valence-corrected chi connectivity index (χ2v) is 8.70. The van der Waals surface area contributed by atoms with Gasteiger partial charge < -0.3 is 19.7 Å². The lowest BCUT2D eigenvalue weighted by atomic mass is 9.93. The van der Waals surface area contributed by atoms with Crippen molar-refractivity contribution in [2.24, 2.45) is 0 Å². The number of ether oxygens (including phenoxy) is 2. The Hall–Kier alpha value is -3.85. The second-order valence-electron chi connectivity index (χ2n) is 8.70. The van der Waals surface area contributed by atoms with Gasteiger partial charge in [0.25, 0.3) is 5.91 Å². The van der Waals surface area contributed by atoms with Crippen molar-refractivity contribution in [2.45, 2.75) is 13.0 Å². The fourth-order valence-corrected chi connectivity index (χ4v) is 4.62. The molecule has 0 aliphatic carbocycles. The number of methoxy groups -OCH3 is 1. The van der Waals surface area contributed by atoms with Crippen LogP contribution in [-0.4, -0.2) is 86.1 Å². The SMILES string of the molecule is CCOC(=O)C1=C(CN2CCN(C(=O)c3ccccc3)CC2)N(C)C(=O)N[C@@H]1c1ccccc1OC. The van der Waals surface area contributed by atoms with Crippen molar-refractivity contribution in [2.75, 3.05) is 53.5 Å². The molecule has 2 aliphatic rings. The fraction of sp³-hybridized carbons (Fsp3) is 0.370. The molecule has 0 saturated carbocycles. The topological polar surface area (TPSA) is 91.4 Å². The third kappa shape index (κ3) is 5.21. The van der Waals surface area contributed by atoms with Crippen LogP contribution in [0.3, 0.4) is 0 Å². The van der Waals surface area contributed by atoms with E-state index < -0.39 is 12.0 Å². The maximum Gasteiger partial charge on any atom is 0.338 e. The van der Waals surface area contributed by atoms with Gasteiger partial charge in [-0.05, 0) is 25.1 Å². The molecule has 0 unspecified atom stereocenters. The van der Waals surface area contributed by atoms with Crippen molar-refractivity contribution in [3.63, 3.8) is 0 Å². The Bertz CT molecular complexity index is 1140. The maximum atomic E-state index is 13.2. The van der Waals surface area contributed by atoms with Crippen LogP contribution < -0.4 is 10.1 Å². The van der Waals surface area contributed by atoms with E-state index in [1.54, 1.807) is 27.1 Å². The number of para-hydroxylation sites is 1. The largest absolute Gasteiger partial charge is 0.496 e. The van der Waals surface area contributed by atoms with E-state index in [0.29, 0.717) is 60.9 Å². The van der Waals surface area contributed by atoms with Gasteiger partial charge in [0.15, 0.2) is 0 Å². The van der Waals surface area contributed by atoms with Crippen LogP contribution in [0.4, 0.5) is 4.79 Å². The Balaban J connectivity index is 1.60. The van der Waals surface area contributed by atoms with Gasteiger partial charge in [-0.25, -0.2) is 9.59 Å².